The number of benzene rings is 1. The fourth-order valence-electron chi connectivity index (χ4n) is 1.68. The maximum atomic E-state index is 8.53. The number of hydrogen-bond donors (Lipinski definition) is 2. The maximum Gasteiger partial charge on any atom is 0.170 e. The SMILES string of the molecule is N/C(=N/O)c1ccc(COCCC2CC2)cc1. The van der Waals surface area contributed by atoms with Crippen molar-refractivity contribution in [3.05, 3.63) is 35.4 Å². The highest BCUT2D eigenvalue weighted by Crippen LogP contribution is 2.32. The van der Waals surface area contributed by atoms with Crippen molar-refractivity contribution in [2.45, 2.75) is 25.9 Å². The number of hydrogen-bond acceptors (Lipinski definition) is 3. The molecule has 1 aromatic rings. The lowest BCUT2D eigenvalue weighted by atomic mass is 10.1. The van der Waals surface area contributed by atoms with E-state index in [1.54, 1.807) is 0 Å². The van der Waals surface area contributed by atoms with Gasteiger partial charge in [0.25, 0.3) is 0 Å². The molecule has 1 fully saturated rings. The van der Waals surface area contributed by atoms with E-state index in [2.05, 4.69) is 5.16 Å². The van der Waals surface area contributed by atoms with E-state index in [-0.39, 0.29) is 5.84 Å². The quantitative estimate of drug-likeness (QED) is 0.260. The standard InChI is InChI=1S/C13H18N2O2/c14-13(15-16)12-5-3-11(4-6-12)9-17-8-7-10-1-2-10/h3-6,10,16H,1-2,7-9H2,(H2,14,15). The third-order valence-corrected chi connectivity index (χ3v) is 2.99. The van der Waals surface area contributed by atoms with Gasteiger partial charge in [0.15, 0.2) is 5.84 Å². The molecule has 4 nitrogen and oxygen atoms in total. The Balaban J connectivity index is 1.76. The number of amidine groups is 1. The average Bonchev–Trinajstić information content (AvgIpc) is 3.18. The van der Waals surface area contributed by atoms with Crippen molar-refractivity contribution in [3.8, 4) is 0 Å². The molecule has 0 aromatic heterocycles. The van der Waals surface area contributed by atoms with Crippen LogP contribution in [0.2, 0.25) is 0 Å². The summed E-state index contributed by atoms with van der Waals surface area (Å²) >= 11 is 0. The molecular weight excluding hydrogens is 216 g/mol. The Morgan fingerprint density at radius 2 is 2.06 bits per heavy atom. The molecule has 0 unspecified atom stereocenters. The van der Waals surface area contributed by atoms with Crippen LogP contribution in [0.1, 0.15) is 30.4 Å². The van der Waals surface area contributed by atoms with Crippen LogP contribution >= 0.6 is 0 Å². The van der Waals surface area contributed by atoms with E-state index >= 15 is 0 Å². The Bertz CT molecular complexity index is 383. The maximum absolute atomic E-state index is 8.53. The van der Waals surface area contributed by atoms with Crippen molar-refractivity contribution in [2.75, 3.05) is 6.61 Å². The van der Waals surface area contributed by atoms with Crippen LogP contribution in [0.5, 0.6) is 0 Å². The van der Waals surface area contributed by atoms with Gasteiger partial charge in [-0.3, -0.25) is 0 Å². The first kappa shape index (κ1) is 11.9. The van der Waals surface area contributed by atoms with E-state index in [9.17, 15) is 0 Å². The molecule has 4 heteroatoms. The number of nitrogens with two attached hydrogens (primary N) is 1. The summed E-state index contributed by atoms with van der Waals surface area (Å²) in [7, 11) is 0. The molecule has 0 bridgehead atoms. The van der Waals surface area contributed by atoms with Crippen LogP contribution in [0.25, 0.3) is 0 Å². The van der Waals surface area contributed by atoms with Crippen LogP contribution in [0.15, 0.2) is 29.4 Å². The van der Waals surface area contributed by atoms with Crippen molar-refractivity contribution >= 4 is 5.84 Å². The van der Waals surface area contributed by atoms with Crippen LogP contribution in [0, 0.1) is 5.92 Å². The monoisotopic (exact) mass is 234 g/mol. The van der Waals surface area contributed by atoms with E-state index < -0.39 is 0 Å². The van der Waals surface area contributed by atoms with Gasteiger partial charge >= 0.3 is 0 Å². The molecule has 0 atom stereocenters. The third kappa shape index (κ3) is 3.75. The number of rotatable bonds is 6. The van der Waals surface area contributed by atoms with Crippen LogP contribution in [-0.4, -0.2) is 17.6 Å². The summed E-state index contributed by atoms with van der Waals surface area (Å²) in [5.74, 6) is 1.05. The van der Waals surface area contributed by atoms with E-state index in [1.165, 1.54) is 19.3 Å². The fourth-order valence-corrected chi connectivity index (χ4v) is 1.68. The topological polar surface area (TPSA) is 67.8 Å². The van der Waals surface area contributed by atoms with Gasteiger partial charge in [0.1, 0.15) is 0 Å². The zero-order valence-electron chi connectivity index (χ0n) is 9.80. The van der Waals surface area contributed by atoms with E-state index in [0.29, 0.717) is 12.2 Å². The van der Waals surface area contributed by atoms with Gasteiger partial charge in [-0.05, 0) is 17.9 Å². The third-order valence-electron chi connectivity index (χ3n) is 2.99. The summed E-state index contributed by atoms with van der Waals surface area (Å²) in [4.78, 5) is 0. The molecule has 3 N–H and O–H groups in total. The summed E-state index contributed by atoms with van der Waals surface area (Å²) in [6.45, 7) is 1.47. The van der Waals surface area contributed by atoms with Crippen molar-refractivity contribution in [2.24, 2.45) is 16.8 Å². The zero-order valence-corrected chi connectivity index (χ0v) is 9.80. The smallest absolute Gasteiger partial charge is 0.170 e. The predicted octanol–water partition coefficient (Wildman–Crippen LogP) is 2.10. The van der Waals surface area contributed by atoms with Crippen LogP contribution in [-0.2, 0) is 11.3 Å². The Hall–Kier alpha value is -1.55. The molecule has 92 valence electrons. The molecular formula is C13H18N2O2. The molecule has 1 saturated carbocycles. The molecule has 0 radical (unpaired) electrons. The first-order valence-electron chi connectivity index (χ1n) is 5.94. The fraction of sp³-hybridized carbons (Fsp3) is 0.462. The average molecular weight is 234 g/mol. The van der Waals surface area contributed by atoms with Gasteiger partial charge in [-0.15, -0.1) is 0 Å². The lowest BCUT2D eigenvalue weighted by Gasteiger charge is -2.05. The summed E-state index contributed by atoms with van der Waals surface area (Å²) in [6.07, 6.45) is 3.93. The van der Waals surface area contributed by atoms with Gasteiger partial charge in [0.2, 0.25) is 0 Å². The number of nitrogens with zero attached hydrogens (tertiary/aromatic N) is 1. The lowest BCUT2D eigenvalue weighted by Crippen LogP contribution is -2.12. The van der Waals surface area contributed by atoms with E-state index in [0.717, 1.165) is 18.1 Å². The Morgan fingerprint density at radius 3 is 2.65 bits per heavy atom. The minimum atomic E-state index is 0.131. The second-order valence-corrected chi connectivity index (χ2v) is 4.47. The van der Waals surface area contributed by atoms with Crippen molar-refractivity contribution < 1.29 is 9.94 Å². The van der Waals surface area contributed by atoms with Gasteiger partial charge in [-0.1, -0.05) is 42.3 Å². The highest BCUT2D eigenvalue weighted by molar-refractivity contribution is 5.96. The predicted molar refractivity (Wildman–Crippen MR) is 65.9 cm³/mol. The molecule has 17 heavy (non-hydrogen) atoms. The van der Waals surface area contributed by atoms with Crippen molar-refractivity contribution in [3.63, 3.8) is 0 Å². The van der Waals surface area contributed by atoms with Gasteiger partial charge in [0, 0.05) is 12.2 Å². The molecule has 0 spiro atoms. The van der Waals surface area contributed by atoms with Gasteiger partial charge in [-0.2, -0.15) is 0 Å². The van der Waals surface area contributed by atoms with Crippen molar-refractivity contribution in [1.29, 1.82) is 0 Å². The molecule has 0 aliphatic heterocycles. The second-order valence-electron chi connectivity index (χ2n) is 4.47. The van der Waals surface area contributed by atoms with Crippen molar-refractivity contribution in [1.82, 2.24) is 0 Å². The second kappa shape index (κ2) is 5.68. The van der Waals surface area contributed by atoms with Gasteiger partial charge in [-0.25, -0.2) is 0 Å². The first-order valence-corrected chi connectivity index (χ1v) is 5.94. The molecule has 1 aromatic carbocycles. The molecule has 0 amide bonds. The van der Waals surface area contributed by atoms with E-state index in [1.807, 2.05) is 24.3 Å². The molecule has 0 saturated heterocycles. The summed E-state index contributed by atoms with van der Waals surface area (Å²) < 4.78 is 5.59. The van der Waals surface area contributed by atoms with Crippen LogP contribution in [0.3, 0.4) is 0 Å². The first-order chi connectivity index (χ1) is 8.29. The summed E-state index contributed by atoms with van der Waals surface area (Å²) in [5, 5.41) is 11.5. The minimum absolute atomic E-state index is 0.131. The molecule has 2 rings (SSSR count). The minimum Gasteiger partial charge on any atom is -0.409 e. The Labute approximate surface area is 101 Å². The highest BCUT2D eigenvalue weighted by Gasteiger charge is 2.20. The normalized spacial score (nSPS) is 16.1. The number of ether oxygens (including phenoxy) is 1. The summed E-state index contributed by atoms with van der Waals surface area (Å²) in [6, 6.07) is 7.53. The number of oxime groups is 1. The Kier molecular flexibility index (Phi) is 3.98. The highest BCUT2D eigenvalue weighted by atomic mass is 16.5. The molecule has 1 aliphatic carbocycles. The molecule has 0 heterocycles. The van der Waals surface area contributed by atoms with E-state index in [4.69, 9.17) is 15.7 Å². The largest absolute Gasteiger partial charge is 0.409 e. The Morgan fingerprint density at radius 1 is 1.35 bits per heavy atom. The zero-order chi connectivity index (χ0) is 12.1. The summed E-state index contributed by atoms with van der Waals surface area (Å²) in [5.41, 5.74) is 7.30. The molecule has 1 aliphatic rings. The lowest BCUT2D eigenvalue weighted by molar-refractivity contribution is 0.115. The van der Waals surface area contributed by atoms with Crippen LogP contribution in [0.4, 0.5) is 0 Å². The van der Waals surface area contributed by atoms with Gasteiger partial charge in [0.05, 0.1) is 6.61 Å². The van der Waals surface area contributed by atoms with Gasteiger partial charge < -0.3 is 15.7 Å². The van der Waals surface area contributed by atoms with Crippen LogP contribution < -0.4 is 5.73 Å².